The molecule has 3 rings (SSSR count). The van der Waals surface area contributed by atoms with Gasteiger partial charge < -0.3 is 15.2 Å². The van der Waals surface area contributed by atoms with E-state index in [4.69, 9.17) is 0 Å². The van der Waals surface area contributed by atoms with E-state index < -0.39 is 0 Å². The zero-order valence-corrected chi connectivity index (χ0v) is 13.1. The molecule has 22 heavy (non-hydrogen) atoms. The topological polar surface area (TPSA) is 63.1 Å². The van der Waals surface area contributed by atoms with Gasteiger partial charge in [0.25, 0.3) is 11.5 Å². The predicted molar refractivity (Wildman–Crippen MR) is 88.7 cm³/mol. The Bertz CT molecular complexity index is 755. The molecule has 0 saturated heterocycles. The Kier molecular flexibility index (Phi) is 5.00. The molecule has 6 heteroatoms. The normalized spacial score (nSPS) is 13.0. The van der Waals surface area contributed by atoms with E-state index in [2.05, 4.69) is 16.7 Å². The second-order valence-corrected chi connectivity index (χ2v) is 5.23. The van der Waals surface area contributed by atoms with Crippen molar-refractivity contribution in [2.75, 3.05) is 11.9 Å². The summed E-state index contributed by atoms with van der Waals surface area (Å²) in [5.74, 6) is -0.267. The monoisotopic (exact) mass is 319 g/mol. The van der Waals surface area contributed by atoms with Crippen LogP contribution in [0.2, 0.25) is 0 Å². The van der Waals surface area contributed by atoms with Gasteiger partial charge in [-0.3, -0.25) is 9.59 Å². The minimum Gasteiger partial charge on any atom is -0.322 e. The highest BCUT2D eigenvalue weighted by Gasteiger charge is 2.11. The summed E-state index contributed by atoms with van der Waals surface area (Å²) < 4.78 is 1.43. The van der Waals surface area contributed by atoms with Gasteiger partial charge in [-0.05, 0) is 42.3 Å². The molecule has 2 aromatic rings. The van der Waals surface area contributed by atoms with Crippen LogP contribution in [0.1, 0.15) is 21.5 Å². The number of halogens is 1. The van der Waals surface area contributed by atoms with Gasteiger partial charge in [-0.25, -0.2) is 0 Å². The zero-order valence-electron chi connectivity index (χ0n) is 12.3. The van der Waals surface area contributed by atoms with Gasteiger partial charge in [0.15, 0.2) is 0 Å². The van der Waals surface area contributed by atoms with E-state index in [1.165, 1.54) is 21.8 Å². The molecule has 1 amide bonds. The third-order valence-electron chi connectivity index (χ3n) is 3.72. The largest absolute Gasteiger partial charge is 0.322 e. The SMILES string of the molecule is Cl.Cn1ccc(C(=O)Nc2ccc3c(c2)CNCC3)cc1=O. The maximum atomic E-state index is 12.2. The van der Waals surface area contributed by atoms with E-state index in [1.807, 2.05) is 12.1 Å². The summed E-state index contributed by atoms with van der Waals surface area (Å²) >= 11 is 0. The lowest BCUT2D eigenvalue weighted by Crippen LogP contribution is -2.24. The molecule has 1 aromatic heterocycles. The number of nitrogens with zero attached hydrogens (tertiary/aromatic N) is 1. The van der Waals surface area contributed by atoms with Crippen LogP contribution in [-0.2, 0) is 20.0 Å². The summed E-state index contributed by atoms with van der Waals surface area (Å²) in [5.41, 5.74) is 3.46. The van der Waals surface area contributed by atoms with Crippen LogP contribution in [0, 0.1) is 0 Å². The van der Waals surface area contributed by atoms with E-state index in [9.17, 15) is 9.59 Å². The quantitative estimate of drug-likeness (QED) is 0.885. The first-order chi connectivity index (χ1) is 10.1. The molecular formula is C16H18ClN3O2. The molecule has 0 bridgehead atoms. The summed E-state index contributed by atoms with van der Waals surface area (Å²) in [6.07, 6.45) is 2.60. The predicted octanol–water partition coefficient (Wildman–Crippen LogP) is 1.71. The summed E-state index contributed by atoms with van der Waals surface area (Å²) in [5, 5.41) is 6.15. The Balaban J connectivity index is 0.00000176. The van der Waals surface area contributed by atoms with Crippen molar-refractivity contribution < 1.29 is 4.79 Å². The standard InChI is InChI=1S/C16H17N3O2.ClH/c1-19-7-5-12(9-15(19)20)16(21)18-14-3-2-11-4-6-17-10-13(11)8-14;/h2-3,5,7-9,17H,4,6,10H2,1H3,(H,18,21);1H. The van der Waals surface area contributed by atoms with Crippen LogP contribution in [0.3, 0.4) is 0 Å². The van der Waals surface area contributed by atoms with Gasteiger partial charge in [0.05, 0.1) is 0 Å². The summed E-state index contributed by atoms with van der Waals surface area (Å²) in [7, 11) is 1.65. The fourth-order valence-electron chi connectivity index (χ4n) is 2.45. The molecule has 1 aliphatic rings. The number of anilines is 1. The Morgan fingerprint density at radius 3 is 2.82 bits per heavy atom. The van der Waals surface area contributed by atoms with Crippen molar-refractivity contribution in [1.29, 1.82) is 0 Å². The van der Waals surface area contributed by atoms with Crippen molar-refractivity contribution in [3.05, 3.63) is 63.6 Å². The van der Waals surface area contributed by atoms with Crippen LogP contribution >= 0.6 is 12.4 Å². The van der Waals surface area contributed by atoms with E-state index in [-0.39, 0.29) is 23.9 Å². The maximum absolute atomic E-state index is 12.2. The first-order valence-corrected chi connectivity index (χ1v) is 6.94. The van der Waals surface area contributed by atoms with Gasteiger partial charge >= 0.3 is 0 Å². The first-order valence-electron chi connectivity index (χ1n) is 6.94. The first kappa shape index (κ1) is 16.3. The Hall–Kier alpha value is -2.11. The summed E-state index contributed by atoms with van der Waals surface area (Å²) in [4.78, 5) is 23.7. The average molecular weight is 320 g/mol. The number of aromatic nitrogens is 1. The molecular weight excluding hydrogens is 302 g/mol. The van der Waals surface area contributed by atoms with Gasteiger partial charge in [-0.2, -0.15) is 0 Å². The minimum atomic E-state index is -0.267. The number of rotatable bonds is 2. The van der Waals surface area contributed by atoms with Crippen molar-refractivity contribution in [2.24, 2.45) is 7.05 Å². The van der Waals surface area contributed by atoms with Crippen molar-refractivity contribution in [2.45, 2.75) is 13.0 Å². The number of hydrogen-bond acceptors (Lipinski definition) is 3. The van der Waals surface area contributed by atoms with E-state index in [0.29, 0.717) is 5.56 Å². The van der Waals surface area contributed by atoms with Gasteiger partial charge in [-0.15, -0.1) is 12.4 Å². The molecule has 2 N–H and O–H groups in total. The smallest absolute Gasteiger partial charge is 0.255 e. The Labute approximate surface area is 134 Å². The van der Waals surface area contributed by atoms with Crippen LogP contribution in [0.25, 0.3) is 0 Å². The summed E-state index contributed by atoms with van der Waals surface area (Å²) in [6.45, 7) is 1.82. The molecule has 1 aromatic carbocycles. The number of pyridine rings is 1. The number of benzene rings is 1. The molecule has 116 valence electrons. The number of amides is 1. The molecule has 0 unspecified atom stereocenters. The second-order valence-electron chi connectivity index (χ2n) is 5.23. The molecule has 2 heterocycles. The highest BCUT2D eigenvalue weighted by Crippen LogP contribution is 2.19. The van der Waals surface area contributed by atoms with Crippen molar-refractivity contribution >= 4 is 24.0 Å². The van der Waals surface area contributed by atoms with Crippen molar-refractivity contribution in [3.63, 3.8) is 0 Å². The fourth-order valence-corrected chi connectivity index (χ4v) is 2.45. The van der Waals surface area contributed by atoms with E-state index in [1.54, 1.807) is 19.3 Å². The third kappa shape index (κ3) is 3.37. The van der Waals surface area contributed by atoms with Gasteiger partial charge in [0, 0.05) is 37.1 Å². The number of nitrogens with one attached hydrogen (secondary N) is 2. The molecule has 1 aliphatic heterocycles. The van der Waals surface area contributed by atoms with Crippen LogP contribution in [-0.4, -0.2) is 17.0 Å². The number of carbonyl (C=O) groups excluding carboxylic acids is 1. The highest BCUT2D eigenvalue weighted by atomic mass is 35.5. The Morgan fingerprint density at radius 2 is 2.05 bits per heavy atom. The van der Waals surface area contributed by atoms with Gasteiger partial charge in [0.2, 0.25) is 0 Å². The molecule has 0 spiro atoms. The van der Waals surface area contributed by atoms with Crippen LogP contribution in [0.5, 0.6) is 0 Å². The zero-order chi connectivity index (χ0) is 14.8. The van der Waals surface area contributed by atoms with Crippen molar-refractivity contribution in [1.82, 2.24) is 9.88 Å². The lowest BCUT2D eigenvalue weighted by molar-refractivity contribution is 0.102. The van der Waals surface area contributed by atoms with Gasteiger partial charge in [0.1, 0.15) is 0 Å². The third-order valence-corrected chi connectivity index (χ3v) is 3.72. The van der Waals surface area contributed by atoms with E-state index >= 15 is 0 Å². The van der Waals surface area contributed by atoms with Crippen LogP contribution in [0.15, 0.2) is 41.3 Å². The molecule has 0 saturated carbocycles. The summed E-state index contributed by atoms with van der Waals surface area (Å²) in [6, 6.07) is 8.92. The van der Waals surface area contributed by atoms with Crippen LogP contribution in [0.4, 0.5) is 5.69 Å². The number of fused-ring (bicyclic) bond motifs is 1. The average Bonchev–Trinajstić information content (AvgIpc) is 2.50. The molecule has 0 aliphatic carbocycles. The molecule has 0 radical (unpaired) electrons. The Morgan fingerprint density at radius 1 is 1.23 bits per heavy atom. The molecule has 0 atom stereocenters. The fraction of sp³-hybridized carbons (Fsp3) is 0.250. The molecule has 0 fully saturated rings. The number of carbonyl (C=O) groups is 1. The highest BCUT2D eigenvalue weighted by molar-refractivity contribution is 6.04. The maximum Gasteiger partial charge on any atom is 0.255 e. The van der Waals surface area contributed by atoms with Crippen molar-refractivity contribution in [3.8, 4) is 0 Å². The lowest BCUT2D eigenvalue weighted by atomic mass is 10.0. The van der Waals surface area contributed by atoms with Crippen LogP contribution < -0.4 is 16.2 Å². The molecule has 5 nitrogen and oxygen atoms in total. The lowest BCUT2D eigenvalue weighted by Gasteiger charge is -2.18. The number of hydrogen-bond donors (Lipinski definition) is 2. The van der Waals surface area contributed by atoms with E-state index in [0.717, 1.165) is 25.2 Å². The number of aryl methyl sites for hydroxylation is 1. The second kappa shape index (κ2) is 6.77. The van der Waals surface area contributed by atoms with Gasteiger partial charge in [-0.1, -0.05) is 6.07 Å². The minimum absolute atomic E-state index is 0.